The van der Waals surface area contributed by atoms with Crippen LogP contribution >= 0.6 is 0 Å². The predicted molar refractivity (Wildman–Crippen MR) is 111 cm³/mol. The summed E-state index contributed by atoms with van der Waals surface area (Å²) >= 11 is 0. The number of hydrogen-bond acceptors (Lipinski definition) is 6. The van der Waals surface area contributed by atoms with Crippen LogP contribution in [0.1, 0.15) is 20.3 Å². The summed E-state index contributed by atoms with van der Waals surface area (Å²) in [5, 5.41) is 10.5. The zero-order valence-electron chi connectivity index (χ0n) is 16.1. The van der Waals surface area contributed by atoms with E-state index in [4.69, 9.17) is 4.74 Å². The first kappa shape index (κ1) is 18.0. The molecule has 0 bridgehead atoms. The number of carbonyl (C=O) groups excluding carboxylic acids is 1. The lowest BCUT2D eigenvalue weighted by Crippen LogP contribution is -2.39. The maximum atomic E-state index is 12.4. The fourth-order valence-electron chi connectivity index (χ4n) is 3.35. The second-order valence-corrected chi connectivity index (χ2v) is 7.31. The summed E-state index contributed by atoms with van der Waals surface area (Å²) in [5.74, 6) is 1.88. The number of amides is 1. The summed E-state index contributed by atoms with van der Waals surface area (Å²) < 4.78 is 5.19. The molecule has 4 rings (SSSR count). The molecule has 1 atom stereocenters. The number of ether oxygens (including phenoxy) is 1. The van der Waals surface area contributed by atoms with Crippen LogP contribution in [0.25, 0.3) is 10.9 Å². The largest absolute Gasteiger partial charge is 0.497 e. The average Bonchev–Trinajstić information content (AvgIpc) is 2.68. The molecule has 1 aliphatic rings. The van der Waals surface area contributed by atoms with E-state index in [2.05, 4.69) is 39.8 Å². The third-order valence-corrected chi connectivity index (χ3v) is 4.74. The van der Waals surface area contributed by atoms with Crippen molar-refractivity contribution in [1.29, 1.82) is 0 Å². The first-order valence-corrected chi connectivity index (χ1v) is 9.30. The highest BCUT2D eigenvalue weighted by Crippen LogP contribution is 2.35. The van der Waals surface area contributed by atoms with Crippen LogP contribution in [0.2, 0.25) is 0 Å². The number of fused-ring (bicyclic) bond motifs is 2. The summed E-state index contributed by atoms with van der Waals surface area (Å²) in [6, 6.07) is 11.2. The van der Waals surface area contributed by atoms with Crippen LogP contribution in [0.4, 0.5) is 22.9 Å². The Morgan fingerprint density at radius 3 is 2.64 bits per heavy atom. The molecule has 0 spiro atoms. The van der Waals surface area contributed by atoms with Crippen LogP contribution in [0.3, 0.4) is 0 Å². The zero-order chi connectivity index (χ0) is 19.7. The van der Waals surface area contributed by atoms with Crippen LogP contribution in [0, 0.1) is 5.92 Å². The minimum atomic E-state index is -0.233. The van der Waals surface area contributed by atoms with Crippen LogP contribution in [-0.4, -0.2) is 29.0 Å². The molecule has 0 saturated carbocycles. The van der Waals surface area contributed by atoms with E-state index < -0.39 is 0 Å². The quantitative estimate of drug-likeness (QED) is 0.619. The second-order valence-electron chi connectivity index (χ2n) is 7.31. The molecule has 7 heteroatoms. The number of hydrogen-bond donors (Lipinski definition) is 3. The topological polar surface area (TPSA) is 88.2 Å². The lowest BCUT2D eigenvalue weighted by molar-refractivity contribution is -0.117. The Hall–Kier alpha value is -3.35. The number of carbonyl (C=O) groups is 1. The van der Waals surface area contributed by atoms with Crippen LogP contribution < -0.4 is 20.7 Å². The van der Waals surface area contributed by atoms with Crippen LogP contribution in [-0.2, 0) is 4.79 Å². The van der Waals surface area contributed by atoms with Crippen molar-refractivity contribution in [2.75, 3.05) is 23.1 Å². The van der Waals surface area contributed by atoms with Gasteiger partial charge in [-0.05, 0) is 48.7 Å². The first-order chi connectivity index (χ1) is 13.5. The first-order valence-electron chi connectivity index (χ1n) is 9.30. The van der Waals surface area contributed by atoms with Gasteiger partial charge < -0.3 is 20.7 Å². The molecule has 2 heterocycles. The molecular weight excluding hydrogens is 354 g/mol. The maximum absolute atomic E-state index is 12.4. The van der Waals surface area contributed by atoms with Crippen LogP contribution in [0.15, 0.2) is 42.7 Å². The van der Waals surface area contributed by atoms with E-state index in [1.54, 1.807) is 7.11 Å². The molecule has 7 nitrogen and oxygen atoms in total. The average molecular weight is 377 g/mol. The van der Waals surface area contributed by atoms with Gasteiger partial charge in [0.15, 0.2) is 0 Å². The van der Waals surface area contributed by atoms with Crippen molar-refractivity contribution in [2.45, 2.75) is 26.3 Å². The number of aromatic nitrogens is 2. The van der Waals surface area contributed by atoms with Gasteiger partial charge in [0.2, 0.25) is 5.91 Å². The van der Waals surface area contributed by atoms with Crippen molar-refractivity contribution in [3.8, 4) is 5.75 Å². The fourth-order valence-corrected chi connectivity index (χ4v) is 3.35. The number of nitrogens with zero attached hydrogens (tertiary/aromatic N) is 2. The SMILES string of the molecule is COc1ccc(Nc2ncnc3cc4c(cc23)NC(=O)[C@H](CC(C)C)N4)cc1. The standard InChI is InChI=1S/C21H23N5O2/c1-12(2)8-19-21(27)26-17-9-15-16(10-18(17)25-19)22-11-23-20(15)24-13-4-6-14(28-3)7-5-13/h4-7,9-12,19,25H,8H2,1-3H3,(H,26,27)(H,22,23,24)/t19-/m0/s1. The molecule has 3 aromatic rings. The third kappa shape index (κ3) is 3.55. The Kier molecular flexibility index (Phi) is 4.73. The van der Waals surface area contributed by atoms with E-state index >= 15 is 0 Å². The number of methoxy groups -OCH3 is 1. The number of anilines is 4. The zero-order valence-corrected chi connectivity index (χ0v) is 16.1. The molecule has 0 radical (unpaired) electrons. The van der Waals surface area contributed by atoms with Gasteiger partial charge >= 0.3 is 0 Å². The molecule has 0 fully saturated rings. The molecule has 0 saturated heterocycles. The summed E-state index contributed by atoms with van der Waals surface area (Å²) in [7, 11) is 1.64. The Morgan fingerprint density at radius 1 is 1.14 bits per heavy atom. The van der Waals surface area contributed by atoms with Crippen molar-refractivity contribution >= 4 is 39.7 Å². The van der Waals surface area contributed by atoms with Gasteiger partial charge in [0.05, 0.1) is 24.0 Å². The van der Waals surface area contributed by atoms with Gasteiger partial charge in [-0.15, -0.1) is 0 Å². The van der Waals surface area contributed by atoms with Crippen molar-refractivity contribution in [2.24, 2.45) is 5.92 Å². The highest BCUT2D eigenvalue weighted by Gasteiger charge is 2.26. The van der Waals surface area contributed by atoms with Gasteiger partial charge in [0, 0.05) is 11.1 Å². The Balaban J connectivity index is 1.67. The number of benzene rings is 2. The van der Waals surface area contributed by atoms with E-state index in [0.717, 1.165) is 40.1 Å². The molecule has 1 aliphatic heterocycles. The monoisotopic (exact) mass is 377 g/mol. The predicted octanol–water partition coefficient (Wildman–Crippen LogP) is 4.16. The third-order valence-electron chi connectivity index (χ3n) is 4.74. The summed E-state index contributed by atoms with van der Waals surface area (Å²) in [6.07, 6.45) is 2.31. The van der Waals surface area contributed by atoms with E-state index in [9.17, 15) is 4.79 Å². The van der Waals surface area contributed by atoms with Crippen molar-refractivity contribution in [3.63, 3.8) is 0 Å². The summed E-state index contributed by atoms with van der Waals surface area (Å²) in [4.78, 5) is 21.2. The van der Waals surface area contributed by atoms with Crippen LogP contribution in [0.5, 0.6) is 5.75 Å². The normalized spacial score (nSPS) is 15.7. The van der Waals surface area contributed by atoms with Gasteiger partial charge in [-0.3, -0.25) is 4.79 Å². The minimum Gasteiger partial charge on any atom is -0.497 e. The Labute approximate surface area is 163 Å². The lowest BCUT2D eigenvalue weighted by Gasteiger charge is -2.28. The molecule has 28 heavy (non-hydrogen) atoms. The fraction of sp³-hybridized carbons (Fsp3) is 0.286. The van der Waals surface area contributed by atoms with E-state index in [1.807, 2.05) is 36.4 Å². The van der Waals surface area contributed by atoms with E-state index in [1.165, 1.54) is 6.33 Å². The molecule has 1 amide bonds. The lowest BCUT2D eigenvalue weighted by atomic mass is 10.00. The van der Waals surface area contributed by atoms with Gasteiger partial charge in [-0.2, -0.15) is 0 Å². The summed E-state index contributed by atoms with van der Waals surface area (Å²) in [6.45, 7) is 4.21. The van der Waals surface area contributed by atoms with E-state index in [0.29, 0.717) is 11.7 Å². The molecule has 3 N–H and O–H groups in total. The highest BCUT2D eigenvalue weighted by atomic mass is 16.5. The smallest absolute Gasteiger partial charge is 0.246 e. The number of nitrogens with one attached hydrogen (secondary N) is 3. The van der Waals surface area contributed by atoms with Crippen molar-refractivity contribution in [3.05, 3.63) is 42.7 Å². The molecular formula is C21H23N5O2. The van der Waals surface area contributed by atoms with Gasteiger partial charge in [0.1, 0.15) is 23.9 Å². The minimum absolute atomic E-state index is 0.0120. The molecule has 0 unspecified atom stereocenters. The molecule has 0 aliphatic carbocycles. The van der Waals surface area contributed by atoms with Crippen molar-refractivity contribution in [1.82, 2.24) is 9.97 Å². The van der Waals surface area contributed by atoms with Gasteiger partial charge in [-0.1, -0.05) is 13.8 Å². The molecule has 1 aromatic heterocycles. The Morgan fingerprint density at radius 2 is 1.93 bits per heavy atom. The van der Waals surface area contributed by atoms with Crippen molar-refractivity contribution < 1.29 is 9.53 Å². The summed E-state index contributed by atoms with van der Waals surface area (Å²) in [5.41, 5.74) is 3.31. The van der Waals surface area contributed by atoms with E-state index in [-0.39, 0.29) is 11.9 Å². The Bertz CT molecular complexity index is 1020. The second kappa shape index (κ2) is 7.34. The molecule has 144 valence electrons. The molecule has 2 aromatic carbocycles. The van der Waals surface area contributed by atoms with Gasteiger partial charge in [0.25, 0.3) is 0 Å². The van der Waals surface area contributed by atoms with Gasteiger partial charge in [-0.25, -0.2) is 9.97 Å². The number of rotatable bonds is 5. The maximum Gasteiger partial charge on any atom is 0.246 e. The highest BCUT2D eigenvalue weighted by molar-refractivity contribution is 6.07.